The zero-order valence-corrected chi connectivity index (χ0v) is 11.6. The van der Waals surface area contributed by atoms with Crippen LogP contribution in [-0.2, 0) is 9.53 Å². The van der Waals surface area contributed by atoms with Crippen molar-refractivity contribution < 1.29 is 9.53 Å². The van der Waals surface area contributed by atoms with E-state index in [1.54, 1.807) is 0 Å². The van der Waals surface area contributed by atoms with Crippen LogP contribution in [0.1, 0.15) is 31.9 Å². The van der Waals surface area contributed by atoms with Gasteiger partial charge in [-0.25, -0.2) is 0 Å². The molecule has 4 heteroatoms. The Morgan fingerprint density at radius 2 is 2.11 bits per heavy atom. The summed E-state index contributed by atoms with van der Waals surface area (Å²) >= 11 is 0. The van der Waals surface area contributed by atoms with Gasteiger partial charge >= 0.3 is 0 Å². The van der Waals surface area contributed by atoms with Crippen LogP contribution in [0.25, 0.3) is 0 Å². The largest absolute Gasteiger partial charge is 0.399 e. The van der Waals surface area contributed by atoms with Crippen molar-refractivity contribution in [1.82, 2.24) is 4.90 Å². The van der Waals surface area contributed by atoms with Gasteiger partial charge in [-0.2, -0.15) is 0 Å². The third-order valence-electron chi connectivity index (χ3n) is 3.31. The number of rotatable bonds is 3. The van der Waals surface area contributed by atoms with Gasteiger partial charge in [0.05, 0.1) is 13.2 Å². The Kier molecular flexibility index (Phi) is 4.43. The first-order valence-electron chi connectivity index (χ1n) is 6.81. The Hall–Kier alpha value is -1.55. The summed E-state index contributed by atoms with van der Waals surface area (Å²) in [7, 11) is 0. The fourth-order valence-corrected chi connectivity index (χ4v) is 2.27. The van der Waals surface area contributed by atoms with E-state index in [4.69, 9.17) is 10.5 Å². The fraction of sp³-hybridized carbons (Fsp3) is 0.533. The SMILES string of the molecule is CC(C)CC(=O)N1CCOC(c2ccc(N)cc2)C1. The molecule has 1 atom stereocenters. The maximum Gasteiger partial charge on any atom is 0.223 e. The predicted octanol–water partition coefficient (Wildman–Crippen LogP) is 2.21. The number of anilines is 1. The van der Waals surface area contributed by atoms with Crippen LogP contribution in [0.15, 0.2) is 24.3 Å². The van der Waals surface area contributed by atoms with Crippen LogP contribution in [-0.4, -0.2) is 30.5 Å². The van der Waals surface area contributed by atoms with Crippen molar-refractivity contribution in [2.75, 3.05) is 25.4 Å². The van der Waals surface area contributed by atoms with Gasteiger partial charge < -0.3 is 15.4 Å². The summed E-state index contributed by atoms with van der Waals surface area (Å²) in [6, 6.07) is 7.67. The highest BCUT2D eigenvalue weighted by Gasteiger charge is 2.25. The molecule has 2 N–H and O–H groups in total. The van der Waals surface area contributed by atoms with E-state index in [-0.39, 0.29) is 12.0 Å². The average molecular weight is 262 g/mol. The minimum Gasteiger partial charge on any atom is -0.399 e. The van der Waals surface area contributed by atoms with Gasteiger partial charge in [-0.1, -0.05) is 26.0 Å². The van der Waals surface area contributed by atoms with E-state index in [9.17, 15) is 4.79 Å². The summed E-state index contributed by atoms with van der Waals surface area (Å²) in [4.78, 5) is 14.0. The number of morpholine rings is 1. The Bertz CT molecular complexity index is 428. The number of ether oxygens (including phenoxy) is 1. The number of hydrogen-bond acceptors (Lipinski definition) is 3. The first-order chi connectivity index (χ1) is 9.06. The first kappa shape index (κ1) is 13.9. The zero-order chi connectivity index (χ0) is 13.8. The normalized spacial score (nSPS) is 19.7. The van der Waals surface area contributed by atoms with Crippen LogP contribution >= 0.6 is 0 Å². The minimum absolute atomic E-state index is 0.0366. The molecule has 1 aliphatic rings. The van der Waals surface area contributed by atoms with Crippen LogP contribution in [0, 0.1) is 5.92 Å². The number of hydrogen-bond donors (Lipinski definition) is 1. The lowest BCUT2D eigenvalue weighted by molar-refractivity contribution is -0.139. The summed E-state index contributed by atoms with van der Waals surface area (Å²) in [6.07, 6.45) is 0.569. The van der Waals surface area contributed by atoms with E-state index in [1.165, 1.54) is 0 Å². The summed E-state index contributed by atoms with van der Waals surface area (Å²) in [5.41, 5.74) is 7.50. The number of benzene rings is 1. The zero-order valence-electron chi connectivity index (χ0n) is 11.6. The molecular formula is C15H22N2O2. The molecule has 0 aliphatic carbocycles. The molecule has 1 heterocycles. The van der Waals surface area contributed by atoms with Gasteiger partial charge in [-0.05, 0) is 23.6 Å². The quantitative estimate of drug-likeness (QED) is 0.850. The molecule has 0 saturated carbocycles. The van der Waals surface area contributed by atoms with E-state index in [2.05, 4.69) is 13.8 Å². The third-order valence-corrected chi connectivity index (χ3v) is 3.31. The molecule has 4 nitrogen and oxygen atoms in total. The van der Waals surface area contributed by atoms with Gasteiger partial charge in [-0.3, -0.25) is 4.79 Å². The second kappa shape index (κ2) is 6.06. The predicted molar refractivity (Wildman–Crippen MR) is 75.6 cm³/mol. The van der Waals surface area contributed by atoms with Crippen LogP contribution in [0.2, 0.25) is 0 Å². The van der Waals surface area contributed by atoms with Gasteiger partial charge in [0.2, 0.25) is 5.91 Å². The molecule has 1 aliphatic heterocycles. The van der Waals surface area contributed by atoms with Crippen molar-refractivity contribution in [2.24, 2.45) is 5.92 Å². The highest BCUT2D eigenvalue weighted by molar-refractivity contribution is 5.76. The van der Waals surface area contributed by atoms with E-state index in [0.717, 1.165) is 11.3 Å². The number of carbonyl (C=O) groups excluding carboxylic acids is 1. The lowest BCUT2D eigenvalue weighted by atomic mass is 10.1. The molecule has 1 amide bonds. The van der Waals surface area contributed by atoms with Crippen LogP contribution in [0.3, 0.4) is 0 Å². The molecule has 1 unspecified atom stereocenters. The van der Waals surface area contributed by atoms with Crippen molar-refractivity contribution in [2.45, 2.75) is 26.4 Å². The highest BCUT2D eigenvalue weighted by Crippen LogP contribution is 2.23. The first-order valence-corrected chi connectivity index (χ1v) is 6.81. The molecule has 104 valence electrons. The number of nitrogens with two attached hydrogens (primary N) is 1. The summed E-state index contributed by atoms with van der Waals surface area (Å²) in [5, 5.41) is 0. The monoisotopic (exact) mass is 262 g/mol. The van der Waals surface area contributed by atoms with Gasteiger partial charge in [0, 0.05) is 18.7 Å². The van der Waals surface area contributed by atoms with Gasteiger partial charge in [-0.15, -0.1) is 0 Å². The Labute approximate surface area is 114 Å². The molecular weight excluding hydrogens is 240 g/mol. The van der Waals surface area contributed by atoms with Gasteiger partial charge in [0.25, 0.3) is 0 Å². The molecule has 2 rings (SSSR count). The summed E-state index contributed by atoms with van der Waals surface area (Å²) < 4.78 is 5.75. The number of amides is 1. The standard InChI is InChI=1S/C15H22N2O2/c1-11(2)9-15(18)17-7-8-19-14(10-17)12-3-5-13(16)6-4-12/h3-6,11,14H,7-10,16H2,1-2H3. The van der Waals surface area contributed by atoms with E-state index in [1.807, 2.05) is 29.2 Å². The molecule has 0 radical (unpaired) electrons. The number of nitrogen functional groups attached to an aromatic ring is 1. The van der Waals surface area contributed by atoms with E-state index < -0.39 is 0 Å². The molecule has 19 heavy (non-hydrogen) atoms. The second-order valence-corrected chi connectivity index (χ2v) is 5.46. The Morgan fingerprint density at radius 3 is 2.74 bits per heavy atom. The maximum absolute atomic E-state index is 12.1. The average Bonchev–Trinajstić information content (AvgIpc) is 2.39. The second-order valence-electron chi connectivity index (χ2n) is 5.46. The van der Waals surface area contributed by atoms with Crippen molar-refractivity contribution >= 4 is 11.6 Å². The van der Waals surface area contributed by atoms with Crippen molar-refractivity contribution in [3.63, 3.8) is 0 Å². The van der Waals surface area contributed by atoms with Gasteiger partial charge in [0.1, 0.15) is 6.10 Å². The molecule has 0 spiro atoms. The van der Waals surface area contributed by atoms with Crippen LogP contribution < -0.4 is 5.73 Å². The Morgan fingerprint density at radius 1 is 1.42 bits per heavy atom. The Balaban J connectivity index is 2.00. The molecule has 1 aromatic carbocycles. The molecule has 1 aromatic rings. The third kappa shape index (κ3) is 3.70. The maximum atomic E-state index is 12.1. The van der Waals surface area contributed by atoms with Crippen LogP contribution in [0.4, 0.5) is 5.69 Å². The molecule has 1 saturated heterocycles. The summed E-state index contributed by atoms with van der Waals surface area (Å²) in [5.74, 6) is 0.615. The minimum atomic E-state index is -0.0366. The topological polar surface area (TPSA) is 55.6 Å². The summed E-state index contributed by atoms with van der Waals surface area (Å²) in [6.45, 7) is 6.05. The lowest BCUT2D eigenvalue weighted by Gasteiger charge is -2.33. The van der Waals surface area contributed by atoms with E-state index >= 15 is 0 Å². The number of nitrogens with zero attached hydrogens (tertiary/aromatic N) is 1. The molecule has 1 fully saturated rings. The molecule has 0 bridgehead atoms. The van der Waals surface area contributed by atoms with E-state index in [0.29, 0.717) is 32.0 Å². The van der Waals surface area contributed by atoms with Crippen molar-refractivity contribution in [1.29, 1.82) is 0 Å². The lowest BCUT2D eigenvalue weighted by Crippen LogP contribution is -2.42. The number of carbonyl (C=O) groups is 1. The highest BCUT2D eigenvalue weighted by atomic mass is 16.5. The van der Waals surface area contributed by atoms with Gasteiger partial charge in [0.15, 0.2) is 0 Å². The van der Waals surface area contributed by atoms with Crippen molar-refractivity contribution in [3.8, 4) is 0 Å². The van der Waals surface area contributed by atoms with Crippen molar-refractivity contribution in [3.05, 3.63) is 29.8 Å². The van der Waals surface area contributed by atoms with Crippen LogP contribution in [0.5, 0.6) is 0 Å². The molecule has 0 aromatic heterocycles. The fourth-order valence-electron chi connectivity index (χ4n) is 2.27. The smallest absolute Gasteiger partial charge is 0.223 e.